The van der Waals surface area contributed by atoms with Gasteiger partial charge in [0.05, 0.1) is 17.3 Å². The van der Waals surface area contributed by atoms with Crippen LogP contribution in [0.3, 0.4) is 0 Å². The van der Waals surface area contributed by atoms with Gasteiger partial charge in [0.1, 0.15) is 22.3 Å². The number of nitrogens with one attached hydrogen (secondary N) is 1. The van der Waals surface area contributed by atoms with Crippen molar-refractivity contribution in [3.63, 3.8) is 0 Å². The average molecular weight is 554 g/mol. The standard InChI is InChI=1S/C27H32ClN7O2S/c1-26(2,3)37-25(36)34-21-17-7-5-4-6-16(17)14-27(21)9-12-35(13-10-27)19-15-32-24(23(30)33-19)38-18-8-11-31-22(29)20(18)28/h4-8,11,15,21H,9-10,12-14H2,1-3H3,(H2,29,31)(H2,30,33)(H,34,36)/t21-/m1/s1. The molecule has 0 saturated carbocycles. The molecule has 1 fully saturated rings. The highest BCUT2D eigenvalue weighted by Crippen LogP contribution is 2.52. The summed E-state index contributed by atoms with van der Waals surface area (Å²) in [5, 5.41) is 4.13. The minimum atomic E-state index is -0.558. The van der Waals surface area contributed by atoms with E-state index in [4.69, 9.17) is 27.8 Å². The van der Waals surface area contributed by atoms with Crippen LogP contribution in [0, 0.1) is 5.41 Å². The van der Waals surface area contributed by atoms with Crippen LogP contribution in [-0.4, -0.2) is 39.7 Å². The lowest BCUT2D eigenvalue weighted by Gasteiger charge is -2.43. The van der Waals surface area contributed by atoms with Crippen LogP contribution in [0.1, 0.15) is 50.8 Å². The average Bonchev–Trinajstić information content (AvgIpc) is 3.15. The number of nitrogen functional groups attached to an aromatic ring is 2. The first kappa shape index (κ1) is 26.4. The molecule has 2 aromatic heterocycles. The van der Waals surface area contributed by atoms with Gasteiger partial charge in [0.25, 0.3) is 0 Å². The number of benzene rings is 1. The molecule has 38 heavy (non-hydrogen) atoms. The second kappa shape index (κ2) is 10.1. The summed E-state index contributed by atoms with van der Waals surface area (Å²) in [6.07, 6.45) is 5.63. The Labute approximate surface area is 231 Å². The van der Waals surface area contributed by atoms with Crippen LogP contribution in [0.25, 0.3) is 0 Å². The first-order valence-electron chi connectivity index (χ1n) is 12.6. The summed E-state index contributed by atoms with van der Waals surface area (Å²) in [7, 11) is 0. The fourth-order valence-corrected chi connectivity index (χ4v) is 6.34. The largest absolute Gasteiger partial charge is 0.444 e. The van der Waals surface area contributed by atoms with Crippen LogP contribution in [-0.2, 0) is 11.2 Å². The van der Waals surface area contributed by atoms with Gasteiger partial charge in [-0.2, -0.15) is 0 Å². The van der Waals surface area contributed by atoms with Crippen LogP contribution >= 0.6 is 23.4 Å². The third-order valence-electron chi connectivity index (χ3n) is 7.10. The van der Waals surface area contributed by atoms with Crippen LogP contribution in [0.4, 0.5) is 22.2 Å². The van der Waals surface area contributed by atoms with Gasteiger partial charge in [0.15, 0.2) is 5.82 Å². The lowest BCUT2D eigenvalue weighted by Crippen LogP contribution is -2.48. The molecule has 1 aliphatic heterocycles. The molecular formula is C27H32ClN7O2S. The number of pyridine rings is 1. The van der Waals surface area contributed by atoms with Crippen LogP contribution < -0.4 is 21.7 Å². The van der Waals surface area contributed by atoms with E-state index in [1.165, 1.54) is 22.9 Å². The van der Waals surface area contributed by atoms with Crippen molar-refractivity contribution >= 4 is 46.9 Å². The highest BCUT2D eigenvalue weighted by atomic mass is 35.5. The van der Waals surface area contributed by atoms with Crippen LogP contribution in [0.15, 0.2) is 52.6 Å². The molecule has 1 atom stereocenters. The Hall–Kier alpha value is -3.24. The van der Waals surface area contributed by atoms with E-state index in [0.717, 1.165) is 43.1 Å². The number of aromatic nitrogens is 3. The summed E-state index contributed by atoms with van der Waals surface area (Å²) in [5.74, 6) is 1.32. The summed E-state index contributed by atoms with van der Waals surface area (Å²) < 4.78 is 5.61. The Morgan fingerprint density at radius 2 is 1.89 bits per heavy atom. The van der Waals surface area contributed by atoms with E-state index in [1.54, 1.807) is 18.5 Å². The number of fused-ring (bicyclic) bond motifs is 1. The van der Waals surface area contributed by atoms with E-state index in [9.17, 15) is 4.79 Å². The number of carbonyl (C=O) groups is 1. The Bertz CT molecular complexity index is 1360. The summed E-state index contributed by atoms with van der Waals surface area (Å²) in [6, 6.07) is 10.0. The van der Waals surface area contributed by atoms with Gasteiger partial charge in [-0.25, -0.2) is 19.7 Å². The molecule has 0 radical (unpaired) electrons. The molecule has 3 heterocycles. The molecule has 9 nitrogen and oxygen atoms in total. The van der Waals surface area contributed by atoms with E-state index < -0.39 is 5.60 Å². The van der Waals surface area contributed by atoms with E-state index in [-0.39, 0.29) is 23.4 Å². The van der Waals surface area contributed by atoms with Crippen LogP contribution in [0.5, 0.6) is 0 Å². The van der Waals surface area contributed by atoms with Crippen molar-refractivity contribution < 1.29 is 9.53 Å². The third-order valence-corrected chi connectivity index (χ3v) is 8.68. The topological polar surface area (TPSA) is 132 Å². The van der Waals surface area contributed by atoms with Gasteiger partial charge in [0, 0.05) is 29.6 Å². The Morgan fingerprint density at radius 3 is 2.61 bits per heavy atom. The number of anilines is 3. The Morgan fingerprint density at radius 1 is 1.16 bits per heavy atom. The number of amides is 1. The van der Waals surface area contributed by atoms with Gasteiger partial charge in [-0.3, -0.25) is 0 Å². The zero-order valence-electron chi connectivity index (χ0n) is 21.7. The minimum Gasteiger partial charge on any atom is -0.444 e. The molecule has 11 heteroatoms. The van der Waals surface area contributed by atoms with Crippen molar-refractivity contribution in [3.05, 3.63) is 58.9 Å². The van der Waals surface area contributed by atoms with E-state index in [2.05, 4.69) is 43.4 Å². The molecule has 5 rings (SSSR count). The highest BCUT2D eigenvalue weighted by Gasteiger charge is 2.48. The van der Waals surface area contributed by atoms with Gasteiger partial charge >= 0.3 is 6.09 Å². The van der Waals surface area contributed by atoms with Crippen molar-refractivity contribution in [1.29, 1.82) is 0 Å². The SMILES string of the molecule is CC(C)(C)OC(=O)N[C@@H]1c2ccccc2CC12CCN(c1cnc(Sc3ccnc(N)c3Cl)c(N)n1)CC2. The van der Waals surface area contributed by atoms with Gasteiger partial charge in [-0.15, -0.1) is 0 Å². The van der Waals surface area contributed by atoms with Crippen molar-refractivity contribution in [1.82, 2.24) is 20.3 Å². The van der Waals surface area contributed by atoms with Crippen molar-refractivity contribution in [2.75, 3.05) is 29.5 Å². The van der Waals surface area contributed by atoms with E-state index in [1.807, 2.05) is 26.8 Å². The number of ether oxygens (including phenoxy) is 1. The predicted octanol–water partition coefficient (Wildman–Crippen LogP) is 5.25. The van der Waals surface area contributed by atoms with Crippen LogP contribution in [0.2, 0.25) is 5.02 Å². The lowest BCUT2D eigenvalue weighted by molar-refractivity contribution is 0.0428. The second-order valence-electron chi connectivity index (χ2n) is 10.8. The molecule has 1 aliphatic carbocycles. The number of piperidine rings is 1. The highest BCUT2D eigenvalue weighted by molar-refractivity contribution is 7.99. The first-order valence-corrected chi connectivity index (χ1v) is 13.8. The maximum atomic E-state index is 12.8. The maximum Gasteiger partial charge on any atom is 0.408 e. The number of nitrogens with two attached hydrogens (primary N) is 2. The zero-order chi connectivity index (χ0) is 27.1. The maximum absolute atomic E-state index is 12.8. The van der Waals surface area contributed by atoms with E-state index >= 15 is 0 Å². The number of alkyl carbamates (subject to hydrolysis) is 1. The van der Waals surface area contributed by atoms with Gasteiger partial charge < -0.3 is 26.4 Å². The second-order valence-corrected chi connectivity index (χ2v) is 12.2. The van der Waals surface area contributed by atoms with Crippen molar-refractivity contribution in [2.45, 2.75) is 61.6 Å². The van der Waals surface area contributed by atoms with Crippen molar-refractivity contribution in [2.24, 2.45) is 5.41 Å². The normalized spacial score (nSPS) is 18.3. The molecule has 0 unspecified atom stereocenters. The van der Waals surface area contributed by atoms with Crippen molar-refractivity contribution in [3.8, 4) is 0 Å². The molecule has 3 aromatic rings. The van der Waals surface area contributed by atoms with Gasteiger partial charge in [-0.05, 0) is 57.2 Å². The number of carbonyl (C=O) groups excluding carboxylic acids is 1. The Kier molecular flexibility index (Phi) is 7.04. The monoisotopic (exact) mass is 553 g/mol. The molecular weight excluding hydrogens is 522 g/mol. The molecule has 2 aliphatic rings. The molecule has 1 aromatic carbocycles. The predicted molar refractivity (Wildman–Crippen MR) is 150 cm³/mol. The summed E-state index contributed by atoms with van der Waals surface area (Å²) in [4.78, 5) is 28.9. The Balaban J connectivity index is 1.31. The quantitative estimate of drug-likeness (QED) is 0.396. The van der Waals surface area contributed by atoms with Gasteiger partial charge in [-0.1, -0.05) is 47.6 Å². The first-order chi connectivity index (χ1) is 18.0. The number of hydrogen-bond donors (Lipinski definition) is 3. The molecule has 200 valence electrons. The third kappa shape index (κ3) is 5.33. The summed E-state index contributed by atoms with van der Waals surface area (Å²) in [6.45, 7) is 7.17. The van der Waals surface area contributed by atoms with Gasteiger partial charge in [0.2, 0.25) is 0 Å². The fraction of sp³-hybridized carbons (Fsp3) is 0.407. The smallest absolute Gasteiger partial charge is 0.408 e. The molecule has 1 saturated heterocycles. The summed E-state index contributed by atoms with van der Waals surface area (Å²) in [5.41, 5.74) is 13.9. The number of halogens is 1. The lowest BCUT2D eigenvalue weighted by atomic mass is 9.72. The summed E-state index contributed by atoms with van der Waals surface area (Å²) >= 11 is 7.58. The molecule has 1 amide bonds. The minimum absolute atomic E-state index is 0.0934. The number of nitrogens with zero attached hydrogens (tertiary/aromatic N) is 4. The molecule has 1 spiro atoms. The molecule has 5 N–H and O–H groups in total. The molecule has 0 bridgehead atoms. The number of hydrogen-bond acceptors (Lipinski definition) is 9. The van der Waals surface area contributed by atoms with E-state index in [0.29, 0.717) is 15.9 Å². The fourth-order valence-electron chi connectivity index (χ4n) is 5.33. The number of rotatable bonds is 4. The zero-order valence-corrected chi connectivity index (χ0v) is 23.3.